The fourth-order valence-corrected chi connectivity index (χ4v) is 3.44. The predicted molar refractivity (Wildman–Crippen MR) is 120 cm³/mol. The molecule has 4 rings (SSSR count). The van der Waals surface area contributed by atoms with Crippen molar-refractivity contribution in [3.8, 4) is 0 Å². The van der Waals surface area contributed by atoms with E-state index in [0.717, 1.165) is 40.0 Å². The highest BCUT2D eigenvalue weighted by Gasteiger charge is 2.22. The van der Waals surface area contributed by atoms with E-state index in [-0.39, 0.29) is 5.91 Å². The van der Waals surface area contributed by atoms with Gasteiger partial charge in [0, 0.05) is 30.2 Å². The highest BCUT2D eigenvalue weighted by atomic mass is 16.1. The molecule has 3 N–H and O–H groups in total. The van der Waals surface area contributed by atoms with Crippen molar-refractivity contribution in [3.63, 3.8) is 0 Å². The van der Waals surface area contributed by atoms with E-state index in [0.29, 0.717) is 24.0 Å². The molecule has 2 aromatic heterocycles. The molecular formula is C23H28N6O. The van der Waals surface area contributed by atoms with E-state index in [1.54, 1.807) is 10.7 Å². The van der Waals surface area contributed by atoms with Gasteiger partial charge in [0.15, 0.2) is 5.82 Å². The van der Waals surface area contributed by atoms with Crippen LogP contribution in [0.3, 0.4) is 0 Å². The fourth-order valence-electron chi connectivity index (χ4n) is 3.44. The summed E-state index contributed by atoms with van der Waals surface area (Å²) in [6.45, 7) is 10.8. The molecular weight excluding hydrogens is 376 g/mol. The third-order valence-electron chi connectivity index (χ3n) is 5.40. The monoisotopic (exact) mass is 404 g/mol. The topological polar surface area (TPSA) is 83.3 Å². The molecule has 0 atom stereocenters. The Hall–Kier alpha value is -3.35. The molecule has 0 bridgehead atoms. The van der Waals surface area contributed by atoms with E-state index >= 15 is 0 Å². The van der Waals surface area contributed by atoms with Gasteiger partial charge >= 0.3 is 0 Å². The summed E-state index contributed by atoms with van der Waals surface area (Å²) in [5.41, 5.74) is 6.27. The number of rotatable bonds is 8. The SMILES string of the molecule is C=C(NC1CC1)c1ccc(C)c(Nc2ncnn3cc(C(=O)NCCC)c(C)c23)c1. The lowest BCUT2D eigenvalue weighted by molar-refractivity contribution is 0.0953. The van der Waals surface area contributed by atoms with E-state index < -0.39 is 0 Å². The Kier molecular flexibility index (Phi) is 5.44. The van der Waals surface area contributed by atoms with Crippen molar-refractivity contribution < 1.29 is 4.79 Å². The first kappa shape index (κ1) is 19.9. The van der Waals surface area contributed by atoms with Crippen LogP contribution in [-0.4, -0.2) is 33.1 Å². The van der Waals surface area contributed by atoms with Crippen molar-refractivity contribution in [3.05, 3.63) is 59.6 Å². The smallest absolute Gasteiger partial charge is 0.253 e. The van der Waals surface area contributed by atoms with Gasteiger partial charge in [-0.2, -0.15) is 5.10 Å². The molecule has 30 heavy (non-hydrogen) atoms. The number of nitrogens with zero attached hydrogens (tertiary/aromatic N) is 3. The van der Waals surface area contributed by atoms with E-state index in [2.05, 4.69) is 57.7 Å². The lowest BCUT2D eigenvalue weighted by Gasteiger charge is -2.14. The molecule has 1 saturated carbocycles. The highest BCUT2D eigenvalue weighted by Crippen LogP contribution is 2.29. The number of benzene rings is 1. The van der Waals surface area contributed by atoms with Gasteiger partial charge in [-0.3, -0.25) is 4.79 Å². The van der Waals surface area contributed by atoms with Gasteiger partial charge in [-0.1, -0.05) is 25.6 Å². The van der Waals surface area contributed by atoms with Gasteiger partial charge in [0.1, 0.15) is 11.8 Å². The summed E-state index contributed by atoms with van der Waals surface area (Å²) in [6.07, 6.45) is 6.55. The summed E-state index contributed by atoms with van der Waals surface area (Å²) in [4.78, 5) is 17.0. The van der Waals surface area contributed by atoms with Crippen LogP contribution < -0.4 is 16.0 Å². The number of fused-ring (bicyclic) bond motifs is 1. The van der Waals surface area contributed by atoms with Gasteiger partial charge < -0.3 is 16.0 Å². The Bertz CT molecular complexity index is 1110. The second kappa shape index (κ2) is 8.18. The molecule has 7 nitrogen and oxygen atoms in total. The number of nitrogens with one attached hydrogen (secondary N) is 3. The van der Waals surface area contributed by atoms with Crippen LogP contribution in [0.4, 0.5) is 11.5 Å². The minimum Gasteiger partial charge on any atom is -0.382 e. The molecule has 2 heterocycles. The molecule has 1 aromatic carbocycles. The summed E-state index contributed by atoms with van der Waals surface area (Å²) in [5, 5.41) is 14.1. The minimum absolute atomic E-state index is 0.0913. The normalized spacial score (nSPS) is 13.3. The molecule has 0 radical (unpaired) electrons. The maximum absolute atomic E-state index is 12.5. The molecule has 0 saturated heterocycles. The van der Waals surface area contributed by atoms with Crippen molar-refractivity contribution in [2.24, 2.45) is 0 Å². The van der Waals surface area contributed by atoms with Crippen molar-refractivity contribution in [2.75, 3.05) is 11.9 Å². The highest BCUT2D eigenvalue weighted by molar-refractivity contribution is 5.99. The molecule has 7 heteroatoms. The quantitative estimate of drug-likeness (QED) is 0.529. The first-order valence-corrected chi connectivity index (χ1v) is 10.4. The molecule has 3 aromatic rings. The third-order valence-corrected chi connectivity index (χ3v) is 5.40. The predicted octanol–water partition coefficient (Wildman–Crippen LogP) is 3.95. The average Bonchev–Trinajstić information content (AvgIpc) is 3.48. The van der Waals surface area contributed by atoms with Crippen LogP contribution in [0, 0.1) is 13.8 Å². The lowest BCUT2D eigenvalue weighted by atomic mass is 10.1. The minimum atomic E-state index is -0.0913. The van der Waals surface area contributed by atoms with E-state index in [9.17, 15) is 4.79 Å². The molecule has 1 aliphatic rings. The fraction of sp³-hybridized carbons (Fsp3) is 0.348. The van der Waals surface area contributed by atoms with Crippen LogP contribution in [-0.2, 0) is 0 Å². The number of carbonyl (C=O) groups excluding carboxylic acids is 1. The molecule has 1 fully saturated rings. The Morgan fingerprint density at radius 3 is 2.83 bits per heavy atom. The van der Waals surface area contributed by atoms with Crippen LogP contribution >= 0.6 is 0 Å². The first-order chi connectivity index (χ1) is 14.5. The van der Waals surface area contributed by atoms with Crippen molar-refractivity contribution in [2.45, 2.75) is 46.1 Å². The van der Waals surface area contributed by atoms with Crippen LogP contribution in [0.2, 0.25) is 0 Å². The Balaban J connectivity index is 1.66. The second-order valence-electron chi connectivity index (χ2n) is 7.88. The van der Waals surface area contributed by atoms with Crippen molar-refractivity contribution in [1.82, 2.24) is 25.2 Å². The van der Waals surface area contributed by atoms with Gasteiger partial charge in [-0.05, 0) is 55.9 Å². The zero-order chi connectivity index (χ0) is 21.3. The maximum Gasteiger partial charge on any atom is 0.253 e. The molecule has 0 unspecified atom stereocenters. The van der Waals surface area contributed by atoms with Crippen LogP contribution in [0.5, 0.6) is 0 Å². The van der Waals surface area contributed by atoms with E-state index in [4.69, 9.17) is 0 Å². The Morgan fingerprint density at radius 1 is 1.30 bits per heavy atom. The summed E-state index contributed by atoms with van der Waals surface area (Å²) < 4.78 is 1.71. The Morgan fingerprint density at radius 2 is 2.10 bits per heavy atom. The standard InChI is InChI=1S/C23H28N6O/c1-5-10-24-23(30)19-12-29-21(15(19)3)22(25-13-26-29)28-20-11-17(7-6-14(20)2)16(4)27-18-8-9-18/h6-7,11-13,18,27H,4-5,8-10H2,1-3H3,(H,24,30)(H,25,26,28). The van der Waals surface area contributed by atoms with Crippen molar-refractivity contribution >= 4 is 28.6 Å². The second-order valence-corrected chi connectivity index (χ2v) is 7.88. The van der Waals surface area contributed by atoms with Gasteiger partial charge in [0.05, 0.1) is 5.56 Å². The number of aryl methyl sites for hydroxylation is 2. The third kappa shape index (κ3) is 4.01. The molecule has 0 spiro atoms. The Labute approximate surface area is 176 Å². The average molecular weight is 405 g/mol. The number of carbonyl (C=O) groups is 1. The van der Waals surface area contributed by atoms with Crippen LogP contribution in [0.1, 0.15) is 53.2 Å². The number of amides is 1. The molecule has 1 amide bonds. The largest absolute Gasteiger partial charge is 0.382 e. The lowest BCUT2D eigenvalue weighted by Crippen LogP contribution is -2.24. The van der Waals surface area contributed by atoms with Gasteiger partial charge in [-0.15, -0.1) is 0 Å². The zero-order valence-corrected chi connectivity index (χ0v) is 17.7. The number of anilines is 2. The van der Waals surface area contributed by atoms with E-state index in [1.165, 1.54) is 19.2 Å². The number of hydrogen-bond donors (Lipinski definition) is 3. The molecule has 156 valence electrons. The van der Waals surface area contributed by atoms with E-state index in [1.807, 2.05) is 13.8 Å². The van der Waals surface area contributed by atoms with Crippen LogP contribution in [0.25, 0.3) is 11.2 Å². The molecule has 0 aliphatic heterocycles. The van der Waals surface area contributed by atoms with Gasteiger partial charge in [0.25, 0.3) is 5.91 Å². The molecule has 1 aliphatic carbocycles. The maximum atomic E-state index is 12.5. The van der Waals surface area contributed by atoms with Gasteiger partial charge in [0.2, 0.25) is 0 Å². The number of aromatic nitrogens is 3. The van der Waals surface area contributed by atoms with Gasteiger partial charge in [-0.25, -0.2) is 9.50 Å². The number of hydrogen-bond acceptors (Lipinski definition) is 5. The zero-order valence-electron chi connectivity index (χ0n) is 17.7. The summed E-state index contributed by atoms with van der Waals surface area (Å²) in [7, 11) is 0. The summed E-state index contributed by atoms with van der Waals surface area (Å²) in [6, 6.07) is 6.78. The summed E-state index contributed by atoms with van der Waals surface area (Å²) >= 11 is 0. The summed E-state index contributed by atoms with van der Waals surface area (Å²) in [5.74, 6) is 0.574. The van der Waals surface area contributed by atoms with Crippen molar-refractivity contribution in [1.29, 1.82) is 0 Å². The first-order valence-electron chi connectivity index (χ1n) is 10.4. The van der Waals surface area contributed by atoms with Crippen LogP contribution in [0.15, 0.2) is 37.3 Å².